The van der Waals surface area contributed by atoms with Crippen molar-refractivity contribution in [2.24, 2.45) is 0 Å². The van der Waals surface area contributed by atoms with E-state index in [1.54, 1.807) is 0 Å². The molecule has 2 heterocycles. The third-order valence-electron chi connectivity index (χ3n) is 3.07. The summed E-state index contributed by atoms with van der Waals surface area (Å²) < 4.78 is 37.4. The van der Waals surface area contributed by atoms with E-state index in [1.165, 1.54) is 12.4 Å². The molecule has 2 N–H and O–H groups in total. The van der Waals surface area contributed by atoms with E-state index in [2.05, 4.69) is 20.4 Å². The molecule has 3 rings (SSSR count). The van der Waals surface area contributed by atoms with E-state index in [0.29, 0.717) is 11.9 Å². The molecule has 0 unspecified atom stereocenters. The Kier molecular flexibility index (Phi) is 3.98. The molecule has 2 aromatic heterocycles. The van der Waals surface area contributed by atoms with Gasteiger partial charge in [0.05, 0.1) is 5.56 Å². The van der Waals surface area contributed by atoms with Crippen LogP contribution in [0.4, 0.5) is 19.0 Å². The van der Waals surface area contributed by atoms with Crippen molar-refractivity contribution in [2.75, 3.05) is 5.32 Å². The van der Waals surface area contributed by atoms with Crippen LogP contribution in [-0.2, 0) is 6.18 Å². The lowest BCUT2D eigenvalue weighted by molar-refractivity contribution is -0.141. The zero-order valence-electron chi connectivity index (χ0n) is 12.0. The minimum absolute atomic E-state index is 0.103. The van der Waals surface area contributed by atoms with Crippen LogP contribution < -0.4 is 5.32 Å². The van der Waals surface area contributed by atoms with Crippen LogP contribution in [0.2, 0.25) is 0 Å². The molecule has 0 radical (unpaired) electrons. The van der Waals surface area contributed by atoms with Gasteiger partial charge in [0.1, 0.15) is 5.69 Å². The van der Waals surface area contributed by atoms with Crippen LogP contribution in [0.15, 0.2) is 48.8 Å². The molecule has 0 spiro atoms. The lowest BCUT2D eigenvalue weighted by atomic mass is 10.2. The van der Waals surface area contributed by atoms with Crippen LogP contribution in [-0.4, -0.2) is 26.1 Å². The lowest BCUT2D eigenvalue weighted by Crippen LogP contribution is -2.13. The Labute approximate surface area is 133 Å². The summed E-state index contributed by atoms with van der Waals surface area (Å²) in [6, 6.07) is 9.85. The van der Waals surface area contributed by atoms with Crippen LogP contribution in [0, 0.1) is 0 Å². The van der Waals surface area contributed by atoms with Gasteiger partial charge in [-0.3, -0.25) is 9.89 Å². The zero-order valence-corrected chi connectivity index (χ0v) is 12.0. The van der Waals surface area contributed by atoms with Gasteiger partial charge in [-0.25, -0.2) is 9.97 Å². The predicted octanol–water partition coefficient (Wildman–Crippen LogP) is 3.14. The fourth-order valence-corrected chi connectivity index (χ4v) is 1.90. The van der Waals surface area contributed by atoms with Crippen molar-refractivity contribution in [1.29, 1.82) is 0 Å². The average molecular weight is 333 g/mol. The molecule has 0 saturated heterocycles. The van der Waals surface area contributed by atoms with E-state index in [-0.39, 0.29) is 11.4 Å². The molecule has 0 aliphatic carbocycles. The normalized spacial score (nSPS) is 11.3. The number of aromatic amines is 1. The maximum absolute atomic E-state index is 12.5. The number of alkyl halides is 3. The summed E-state index contributed by atoms with van der Waals surface area (Å²) in [5.41, 5.74) is -0.161. The molecular weight excluding hydrogens is 323 g/mol. The average Bonchev–Trinajstić information content (AvgIpc) is 3.05. The minimum atomic E-state index is -4.56. The number of benzene rings is 1. The summed E-state index contributed by atoms with van der Waals surface area (Å²) >= 11 is 0. The molecular formula is C15H10F3N5O. The van der Waals surface area contributed by atoms with Crippen molar-refractivity contribution in [1.82, 2.24) is 20.2 Å². The SMILES string of the molecule is O=C(Nc1cc(C(F)(F)F)[nH]n1)c1cnc(-c2ccccc2)nc1. The molecule has 6 nitrogen and oxygen atoms in total. The maximum Gasteiger partial charge on any atom is 0.432 e. The third-order valence-corrected chi connectivity index (χ3v) is 3.07. The Hall–Kier alpha value is -3.23. The standard InChI is InChI=1S/C15H10F3N5O/c16-15(17,18)11-6-12(23-22-11)21-14(24)10-7-19-13(20-8-10)9-4-2-1-3-5-9/h1-8H,(H2,21,22,23,24). The molecule has 1 aromatic carbocycles. The summed E-state index contributed by atoms with van der Waals surface area (Å²) in [4.78, 5) is 20.1. The van der Waals surface area contributed by atoms with Crippen LogP contribution >= 0.6 is 0 Å². The van der Waals surface area contributed by atoms with Gasteiger partial charge in [-0.1, -0.05) is 30.3 Å². The van der Waals surface area contributed by atoms with E-state index in [9.17, 15) is 18.0 Å². The molecule has 0 saturated carbocycles. The van der Waals surface area contributed by atoms with E-state index < -0.39 is 17.8 Å². The number of amides is 1. The predicted molar refractivity (Wildman–Crippen MR) is 79.0 cm³/mol. The first kappa shape index (κ1) is 15.7. The van der Waals surface area contributed by atoms with Gasteiger partial charge in [0.25, 0.3) is 5.91 Å². The van der Waals surface area contributed by atoms with Crippen LogP contribution in [0.3, 0.4) is 0 Å². The molecule has 122 valence electrons. The number of halogens is 3. The van der Waals surface area contributed by atoms with E-state index in [1.807, 2.05) is 35.4 Å². The van der Waals surface area contributed by atoms with Crippen molar-refractivity contribution in [2.45, 2.75) is 6.18 Å². The van der Waals surface area contributed by atoms with E-state index >= 15 is 0 Å². The highest BCUT2D eigenvalue weighted by atomic mass is 19.4. The molecule has 0 bridgehead atoms. The fraction of sp³-hybridized carbons (Fsp3) is 0.0667. The Balaban J connectivity index is 1.73. The van der Waals surface area contributed by atoms with E-state index in [0.717, 1.165) is 5.56 Å². The second kappa shape index (κ2) is 6.11. The second-order valence-corrected chi connectivity index (χ2v) is 4.78. The first-order valence-corrected chi connectivity index (χ1v) is 6.75. The van der Waals surface area contributed by atoms with Crippen molar-refractivity contribution >= 4 is 11.7 Å². The minimum Gasteiger partial charge on any atom is -0.305 e. The second-order valence-electron chi connectivity index (χ2n) is 4.78. The molecule has 0 aliphatic heterocycles. The van der Waals surface area contributed by atoms with Gasteiger partial charge in [-0.15, -0.1) is 0 Å². The number of nitrogens with one attached hydrogen (secondary N) is 2. The summed E-state index contributed by atoms with van der Waals surface area (Å²) in [5, 5.41) is 7.46. The quantitative estimate of drug-likeness (QED) is 0.771. The molecule has 0 aliphatic rings. The lowest BCUT2D eigenvalue weighted by Gasteiger charge is -2.03. The number of hydrogen-bond acceptors (Lipinski definition) is 4. The summed E-state index contributed by atoms with van der Waals surface area (Å²) in [5.74, 6) is -0.458. The van der Waals surface area contributed by atoms with Crippen molar-refractivity contribution in [3.05, 3.63) is 60.0 Å². The Bertz CT molecular complexity index is 844. The first-order chi connectivity index (χ1) is 11.4. The topological polar surface area (TPSA) is 83.6 Å². The Morgan fingerprint density at radius 3 is 2.33 bits per heavy atom. The number of rotatable bonds is 3. The van der Waals surface area contributed by atoms with E-state index in [4.69, 9.17) is 0 Å². The molecule has 3 aromatic rings. The Morgan fingerprint density at radius 2 is 1.75 bits per heavy atom. The number of aromatic nitrogens is 4. The van der Waals surface area contributed by atoms with Crippen LogP contribution in [0.5, 0.6) is 0 Å². The van der Waals surface area contributed by atoms with Crippen molar-refractivity contribution in [3.8, 4) is 11.4 Å². The highest BCUT2D eigenvalue weighted by molar-refractivity contribution is 6.03. The number of nitrogens with zero attached hydrogens (tertiary/aromatic N) is 3. The molecule has 9 heteroatoms. The maximum atomic E-state index is 12.5. The number of anilines is 1. The van der Waals surface area contributed by atoms with Gasteiger partial charge in [-0.05, 0) is 0 Å². The molecule has 0 fully saturated rings. The van der Waals surface area contributed by atoms with Gasteiger partial charge in [-0.2, -0.15) is 18.3 Å². The number of hydrogen-bond donors (Lipinski definition) is 2. The monoisotopic (exact) mass is 333 g/mol. The number of carbonyl (C=O) groups excluding carboxylic acids is 1. The number of carbonyl (C=O) groups is 1. The van der Waals surface area contributed by atoms with Gasteiger partial charge in [0, 0.05) is 24.0 Å². The highest BCUT2D eigenvalue weighted by Crippen LogP contribution is 2.28. The summed E-state index contributed by atoms with van der Waals surface area (Å²) in [6.07, 6.45) is -1.97. The molecule has 1 amide bonds. The summed E-state index contributed by atoms with van der Waals surface area (Å²) in [6.45, 7) is 0. The van der Waals surface area contributed by atoms with Gasteiger partial charge < -0.3 is 5.32 Å². The van der Waals surface area contributed by atoms with Crippen molar-refractivity contribution in [3.63, 3.8) is 0 Å². The largest absolute Gasteiger partial charge is 0.432 e. The Morgan fingerprint density at radius 1 is 1.08 bits per heavy atom. The van der Waals surface area contributed by atoms with Gasteiger partial charge in [0.15, 0.2) is 11.6 Å². The van der Waals surface area contributed by atoms with Crippen molar-refractivity contribution < 1.29 is 18.0 Å². The van der Waals surface area contributed by atoms with Gasteiger partial charge >= 0.3 is 6.18 Å². The third kappa shape index (κ3) is 3.40. The molecule has 0 atom stereocenters. The van der Waals surface area contributed by atoms with Crippen LogP contribution in [0.1, 0.15) is 16.1 Å². The zero-order chi connectivity index (χ0) is 17.2. The fourth-order valence-electron chi connectivity index (χ4n) is 1.90. The smallest absolute Gasteiger partial charge is 0.305 e. The first-order valence-electron chi connectivity index (χ1n) is 6.75. The molecule has 24 heavy (non-hydrogen) atoms. The van der Waals surface area contributed by atoms with Crippen LogP contribution in [0.25, 0.3) is 11.4 Å². The number of H-pyrrole nitrogens is 1. The van der Waals surface area contributed by atoms with Gasteiger partial charge in [0.2, 0.25) is 0 Å². The summed E-state index contributed by atoms with van der Waals surface area (Å²) in [7, 11) is 0. The highest BCUT2D eigenvalue weighted by Gasteiger charge is 2.33.